The molecule has 0 aliphatic carbocycles. The molecular weight excluding hydrogens is 198 g/mol. The van der Waals surface area contributed by atoms with Crippen molar-refractivity contribution in [1.82, 2.24) is 4.90 Å². The van der Waals surface area contributed by atoms with Crippen LogP contribution in [0.15, 0.2) is 0 Å². The highest BCUT2D eigenvalue weighted by Crippen LogP contribution is 2.08. The van der Waals surface area contributed by atoms with Crippen LogP contribution in [0.1, 0.15) is 59.3 Å². The van der Waals surface area contributed by atoms with E-state index < -0.39 is 0 Å². The minimum absolute atomic E-state index is 0.323. The van der Waals surface area contributed by atoms with E-state index in [9.17, 15) is 0 Å². The van der Waals surface area contributed by atoms with Gasteiger partial charge in [0.15, 0.2) is 0 Å². The molecule has 0 aliphatic rings. The van der Waals surface area contributed by atoms with E-state index in [1.54, 1.807) is 0 Å². The largest absolute Gasteiger partial charge is 0.388 e. The highest BCUT2D eigenvalue weighted by atomic mass is 15.1. The number of amidine groups is 1. The van der Waals surface area contributed by atoms with Crippen molar-refractivity contribution in [3.8, 4) is 0 Å². The fourth-order valence-electron chi connectivity index (χ4n) is 1.80. The minimum Gasteiger partial charge on any atom is -0.388 e. The molecule has 16 heavy (non-hydrogen) atoms. The molecule has 0 aromatic heterocycles. The van der Waals surface area contributed by atoms with E-state index >= 15 is 0 Å². The first kappa shape index (κ1) is 15.4. The summed E-state index contributed by atoms with van der Waals surface area (Å²) in [6.07, 6.45) is 6.73. The van der Waals surface area contributed by atoms with Crippen LogP contribution >= 0.6 is 0 Å². The van der Waals surface area contributed by atoms with Gasteiger partial charge in [-0.15, -0.1) is 0 Å². The summed E-state index contributed by atoms with van der Waals surface area (Å²) in [5, 5.41) is 7.18. The van der Waals surface area contributed by atoms with Crippen LogP contribution in [0.3, 0.4) is 0 Å². The smallest absolute Gasteiger partial charge is 0.0905 e. The number of unbranched alkanes of at least 4 members (excludes halogenated alkanes) is 2. The van der Waals surface area contributed by atoms with Crippen LogP contribution in [-0.4, -0.2) is 29.9 Å². The molecule has 0 heterocycles. The Balaban J connectivity index is 3.77. The zero-order valence-electron chi connectivity index (χ0n) is 11.3. The van der Waals surface area contributed by atoms with Gasteiger partial charge in [0, 0.05) is 12.5 Å². The van der Waals surface area contributed by atoms with Crippen molar-refractivity contribution in [1.29, 1.82) is 5.41 Å². The van der Waals surface area contributed by atoms with Gasteiger partial charge < -0.3 is 10.6 Å². The molecule has 0 spiro atoms. The van der Waals surface area contributed by atoms with Crippen molar-refractivity contribution < 1.29 is 0 Å². The monoisotopic (exact) mass is 227 g/mol. The summed E-state index contributed by atoms with van der Waals surface area (Å²) in [5.74, 6) is 0.323. The average Bonchev–Trinajstić information content (AvgIpc) is 2.26. The minimum atomic E-state index is 0.323. The van der Waals surface area contributed by atoms with Crippen molar-refractivity contribution in [3.63, 3.8) is 0 Å². The maximum absolute atomic E-state index is 7.18. The van der Waals surface area contributed by atoms with Crippen LogP contribution in [0.25, 0.3) is 0 Å². The molecule has 0 bridgehead atoms. The van der Waals surface area contributed by atoms with Crippen LogP contribution in [0.4, 0.5) is 0 Å². The van der Waals surface area contributed by atoms with E-state index in [4.69, 9.17) is 11.1 Å². The zero-order chi connectivity index (χ0) is 12.4. The van der Waals surface area contributed by atoms with Crippen molar-refractivity contribution >= 4 is 5.84 Å². The summed E-state index contributed by atoms with van der Waals surface area (Å²) in [4.78, 5) is 2.57. The molecule has 0 radical (unpaired) electrons. The fraction of sp³-hybridized carbons (Fsp3) is 0.923. The molecule has 1 unspecified atom stereocenters. The van der Waals surface area contributed by atoms with E-state index in [0.717, 1.165) is 25.8 Å². The Labute approximate surface area is 101 Å². The Hall–Kier alpha value is -0.570. The number of rotatable bonds is 10. The van der Waals surface area contributed by atoms with Gasteiger partial charge in [-0.2, -0.15) is 0 Å². The Morgan fingerprint density at radius 2 is 1.81 bits per heavy atom. The third-order valence-electron chi connectivity index (χ3n) is 3.15. The third-order valence-corrected chi connectivity index (χ3v) is 3.15. The Bertz CT molecular complexity index is 180. The Morgan fingerprint density at radius 3 is 2.31 bits per heavy atom. The zero-order valence-corrected chi connectivity index (χ0v) is 11.3. The van der Waals surface area contributed by atoms with Gasteiger partial charge in [0.2, 0.25) is 0 Å². The first-order valence-corrected chi connectivity index (χ1v) is 6.68. The highest BCUT2D eigenvalue weighted by Gasteiger charge is 2.10. The SMILES string of the molecule is CCCCN(CCCCC(=N)N)C(C)CC. The third kappa shape index (κ3) is 7.69. The van der Waals surface area contributed by atoms with Gasteiger partial charge in [0.1, 0.15) is 0 Å². The lowest BCUT2D eigenvalue weighted by atomic mass is 10.1. The van der Waals surface area contributed by atoms with Gasteiger partial charge in [-0.3, -0.25) is 5.41 Å². The van der Waals surface area contributed by atoms with Gasteiger partial charge in [-0.05, 0) is 45.7 Å². The first-order chi connectivity index (χ1) is 7.61. The number of nitrogens with one attached hydrogen (secondary N) is 1. The Morgan fingerprint density at radius 1 is 1.19 bits per heavy atom. The van der Waals surface area contributed by atoms with Gasteiger partial charge in [-0.25, -0.2) is 0 Å². The summed E-state index contributed by atoms with van der Waals surface area (Å²) in [7, 11) is 0. The normalized spacial score (nSPS) is 13.0. The number of nitrogens with zero attached hydrogens (tertiary/aromatic N) is 1. The van der Waals surface area contributed by atoms with Crippen molar-refractivity contribution in [2.24, 2.45) is 5.73 Å². The lowest BCUT2D eigenvalue weighted by Gasteiger charge is -2.28. The first-order valence-electron chi connectivity index (χ1n) is 6.68. The van der Waals surface area contributed by atoms with Gasteiger partial charge in [-0.1, -0.05) is 20.3 Å². The quantitative estimate of drug-likeness (QED) is 0.342. The molecule has 0 aromatic carbocycles. The van der Waals surface area contributed by atoms with Crippen LogP contribution in [-0.2, 0) is 0 Å². The molecule has 0 fully saturated rings. The van der Waals surface area contributed by atoms with E-state index in [0.29, 0.717) is 11.9 Å². The second-order valence-corrected chi connectivity index (χ2v) is 4.63. The van der Waals surface area contributed by atoms with E-state index in [1.165, 1.54) is 25.8 Å². The molecule has 3 heteroatoms. The van der Waals surface area contributed by atoms with Crippen molar-refractivity contribution in [3.05, 3.63) is 0 Å². The molecule has 3 N–H and O–H groups in total. The molecule has 0 aliphatic heterocycles. The maximum atomic E-state index is 7.18. The van der Waals surface area contributed by atoms with E-state index in [1.807, 2.05) is 0 Å². The number of nitrogens with two attached hydrogens (primary N) is 1. The van der Waals surface area contributed by atoms with E-state index in [2.05, 4.69) is 25.7 Å². The van der Waals surface area contributed by atoms with Crippen LogP contribution in [0, 0.1) is 5.41 Å². The lowest BCUT2D eigenvalue weighted by Crippen LogP contribution is -2.34. The van der Waals surface area contributed by atoms with Gasteiger partial charge in [0.05, 0.1) is 5.84 Å². The van der Waals surface area contributed by atoms with Crippen molar-refractivity contribution in [2.75, 3.05) is 13.1 Å². The average molecular weight is 227 g/mol. The summed E-state index contributed by atoms with van der Waals surface area (Å²) >= 11 is 0. The molecule has 96 valence electrons. The van der Waals surface area contributed by atoms with Gasteiger partial charge >= 0.3 is 0 Å². The molecule has 0 saturated carbocycles. The van der Waals surface area contributed by atoms with E-state index in [-0.39, 0.29) is 0 Å². The van der Waals surface area contributed by atoms with Crippen LogP contribution in [0.2, 0.25) is 0 Å². The predicted octanol–water partition coefficient (Wildman–Crippen LogP) is 2.99. The van der Waals surface area contributed by atoms with Crippen LogP contribution in [0.5, 0.6) is 0 Å². The highest BCUT2D eigenvalue weighted by molar-refractivity contribution is 5.76. The number of hydrogen-bond acceptors (Lipinski definition) is 2. The standard InChI is InChI=1S/C13H29N3/c1-4-6-10-16(12(3)5-2)11-8-7-9-13(14)15/h12H,4-11H2,1-3H3,(H3,14,15). The topological polar surface area (TPSA) is 53.1 Å². The molecule has 3 nitrogen and oxygen atoms in total. The maximum Gasteiger partial charge on any atom is 0.0905 e. The summed E-state index contributed by atoms with van der Waals surface area (Å²) in [6.45, 7) is 9.16. The van der Waals surface area contributed by atoms with Crippen LogP contribution < -0.4 is 5.73 Å². The predicted molar refractivity (Wildman–Crippen MR) is 72.0 cm³/mol. The molecule has 0 amide bonds. The second kappa shape index (κ2) is 9.64. The summed E-state index contributed by atoms with van der Waals surface area (Å²) in [6, 6.07) is 0.684. The molecular formula is C13H29N3. The summed E-state index contributed by atoms with van der Waals surface area (Å²) in [5.41, 5.74) is 5.35. The molecule has 1 atom stereocenters. The lowest BCUT2D eigenvalue weighted by molar-refractivity contribution is 0.197. The van der Waals surface area contributed by atoms with Gasteiger partial charge in [0.25, 0.3) is 0 Å². The molecule has 0 saturated heterocycles. The molecule has 0 aromatic rings. The number of hydrogen-bond donors (Lipinski definition) is 2. The molecule has 0 rings (SSSR count). The Kier molecular flexibility index (Phi) is 9.30. The van der Waals surface area contributed by atoms with Crippen molar-refractivity contribution in [2.45, 2.75) is 65.3 Å². The fourth-order valence-corrected chi connectivity index (χ4v) is 1.80. The second-order valence-electron chi connectivity index (χ2n) is 4.63. The summed E-state index contributed by atoms with van der Waals surface area (Å²) < 4.78 is 0.